The second kappa shape index (κ2) is 8.67. The summed E-state index contributed by atoms with van der Waals surface area (Å²) in [5, 5.41) is 16.7. The van der Waals surface area contributed by atoms with Crippen LogP contribution in [-0.2, 0) is 4.74 Å². The Morgan fingerprint density at radius 2 is 2.09 bits per heavy atom. The zero-order valence-corrected chi connectivity index (χ0v) is 19.6. The Labute approximate surface area is 201 Å². The van der Waals surface area contributed by atoms with Gasteiger partial charge in [-0.25, -0.2) is 19.2 Å². The molecule has 4 N–H and O–H groups in total. The SMILES string of the molecule is CC1(NC(=O)O[C@@H]2CC[C@H](c3cc(Nc4ncc(N5CCNCC5)c5nccn45)n[nH]3)[C@H]2F)CC1. The highest BCUT2D eigenvalue weighted by molar-refractivity contribution is 5.71. The van der Waals surface area contributed by atoms with Gasteiger partial charge in [-0.2, -0.15) is 5.10 Å². The number of aromatic amines is 1. The Morgan fingerprint density at radius 1 is 1.26 bits per heavy atom. The normalized spacial score (nSPS) is 25.5. The van der Waals surface area contributed by atoms with Crippen molar-refractivity contribution in [2.45, 2.75) is 56.3 Å². The zero-order chi connectivity index (χ0) is 24.0. The molecule has 4 heterocycles. The molecule has 3 fully saturated rings. The molecule has 0 unspecified atom stereocenters. The van der Waals surface area contributed by atoms with Crippen LogP contribution in [0.25, 0.3) is 5.65 Å². The fraction of sp³-hybridized carbons (Fsp3) is 0.565. The van der Waals surface area contributed by atoms with Gasteiger partial charge in [-0.1, -0.05) is 0 Å². The van der Waals surface area contributed by atoms with Crippen LogP contribution in [0.3, 0.4) is 0 Å². The highest BCUT2D eigenvalue weighted by Gasteiger charge is 2.43. The van der Waals surface area contributed by atoms with Crippen molar-refractivity contribution in [3.63, 3.8) is 0 Å². The molecule has 1 amide bonds. The van der Waals surface area contributed by atoms with E-state index in [0.29, 0.717) is 30.3 Å². The maximum absolute atomic E-state index is 15.2. The Kier molecular flexibility index (Phi) is 5.47. The van der Waals surface area contributed by atoms with Crippen molar-refractivity contribution in [3.8, 4) is 0 Å². The molecule has 12 heteroatoms. The number of hydrogen-bond donors (Lipinski definition) is 4. The summed E-state index contributed by atoms with van der Waals surface area (Å²) < 4.78 is 22.4. The number of piperazine rings is 1. The molecule has 6 rings (SSSR count). The Bertz CT molecular complexity index is 1220. The van der Waals surface area contributed by atoms with E-state index in [2.05, 4.69) is 41.0 Å². The highest BCUT2D eigenvalue weighted by Crippen LogP contribution is 2.39. The number of hydrogen-bond acceptors (Lipinski definition) is 8. The maximum Gasteiger partial charge on any atom is 0.407 e. The lowest BCUT2D eigenvalue weighted by molar-refractivity contribution is 0.0546. The molecule has 2 aliphatic carbocycles. The molecule has 1 aliphatic heterocycles. The van der Waals surface area contributed by atoms with Crippen molar-refractivity contribution in [2.24, 2.45) is 0 Å². The van der Waals surface area contributed by atoms with Gasteiger partial charge in [-0.15, -0.1) is 0 Å². The first-order valence-electron chi connectivity index (χ1n) is 12.2. The van der Waals surface area contributed by atoms with E-state index in [0.717, 1.165) is 50.4 Å². The first kappa shape index (κ1) is 22.1. The number of carbonyl (C=O) groups is 1. The number of nitrogens with one attached hydrogen (secondary N) is 4. The zero-order valence-electron chi connectivity index (χ0n) is 19.6. The van der Waals surface area contributed by atoms with Crippen molar-refractivity contribution in [3.05, 3.63) is 30.4 Å². The number of aromatic nitrogens is 5. The van der Waals surface area contributed by atoms with Gasteiger partial charge in [0.1, 0.15) is 12.3 Å². The molecule has 0 spiro atoms. The minimum atomic E-state index is -1.29. The van der Waals surface area contributed by atoms with Crippen molar-refractivity contribution in [1.82, 2.24) is 35.2 Å². The molecule has 35 heavy (non-hydrogen) atoms. The van der Waals surface area contributed by atoms with E-state index in [4.69, 9.17) is 4.74 Å². The highest BCUT2D eigenvalue weighted by atomic mass is 19.1. The second-order valence-corrected chi connectivity index (χ2v) is 9.92. The fourth-order valence-electron chi connectivity index (χ4n) is 4.93. The van der Waals surface area contributed by atoms with Gasteiger partial charge in [-0.05, 0) is 32.6 Å². The molecule has 11 nitrogen and oxygen atoms in total. The number of amides is 1. The van der Waals surface area contributed by atoms with Gasteiger partial charge in [0.2, 0.25) is 5.95 Å². The summed E-state index contributed by atoms with van der Waals surface area (Å²) in [4.78, 5) is 23.5. The number of halogens is 1. The van der Waals surface area contributed by atoms with E-state index >= 15 is 4.39 Å². The molecular formula is C23H30FN9O2. The summed E-state index contributed by atoms with van der Waals surface area (Å²) in [7, 11) is 0. The number of carbonyl (C=O) groups excluding carboxylic acids is 1. The lowest BCUT2D eigenvalue weighted by Gasteiger charge is -2.29. The van der Waals surface area contributed by atoms with Gasteiger partial charge in [0.05, 0.1) is 11.9 Å². The molecular weight excluding hydrogens is 453 g/mol. The minimum Gasteiger partial charge on any atom is -0.443 e. The lowest BCUT2D eigenvalue weighted by atomic mass is 10.0. The van der Waals surface area contributed by atoms with Crippen LogP contribution in [0.5, 0.6) is 0 Å². The summed E-state index contributed by atoms with van der Waals surface area (Å²) in [5.74, 6) is 0.696. The van der Waals surface area contributed by atoms with Crippen LogP contribution in [0.15, 0.2) is 24.7 Å². The summed E-state index contributed by atoms with van der Waals surface area (Å²) in [6.45, 7) is 5.61. The summed E-state index contributed by atoms with van der Waals surface area (Å²) in [6, 6.07) is 1.79. The Balaban J connectivity index is 1.13. The third-order valence-electron chi connectivity index (χ3n) is 7.27. The van der Waals surface area contributed by atoms with E-state index in [1.807, 2.05) is 23.7 Å². The minimum absolute atomic E-state index is 0.192. The first-order chi connectivity index (χ1) is 17.0. The van der Waals surface area contributed by atoms with Crippen LogP contribution in [0.1, 0.15) is 44.2 Å². The third kappa shape index (κ3) is 4.38. The van der Waals surface area contributed by atoms with E-state index in [9.17, 15) is 4.79 Å². The number of imidazole rings is 1. The van der Waals surface area contributed by atoms with E-state index in [1.165, 1.54) is 0 Å². The summed E-state index contributed by atoms with van der Waals surface area (Å²) >= 11 is 0. The fourth-order valence-corrected chi connectivity index (χ4v) is 4.93. The van der Waals surface area contributed by atoms with Crippen LogP contribution in [0.4, 0.5) is 26.6 Å². The topological polar surface area (TPSA) is 124 Å². The molecule has 0 aromatic carbocycles. The lowest BCUT2D eigenvalue weighted by Crippen LogP contribution is -2.43. The number of alkyl halides is 1. The van der Waals surface area contributed by atoms with Crippen LogP contribution < -0.4 is 20.9 Å². The predicted molar refractivity (Wildman–Crippen MR) is 128 cm³/mol. The van der Waals surface area contributed by atoms with Crippen molar-refractivity contribution >= 4 is 29.2 Å². The average Bonchev–Trinajstić information content (AvgIpc) is 3.24. The molecule has 2 saturated carbocycles. The molecule has 3 aromatic heterocycles. The van der Waals surface area contributed by atoms with Gasteiger partial charge < -0.3 is 25.6 Å². The van der Waals surface area contributed by atoms with E-state index in [-0.39, 0.29) is 5.54 Å². The molecule has 3 aromatic rings. The maximum atomic E-state index is 15.2. The number of anilines is 3. The van der Waals surface area contributed by atoms with E-state index < -0.39 is 24.3 Å². The Hall–Kier alpha value is -3.41. The van der Waals surface area contributed by atoms with Crippen molar-refractivity contribution in [1.29, 1.82) is 0 Å². The monoisotopic (exact) mass is 483 g/mol. The standard InChI is InChI=1S/C23H30FN9O2/c1-23(4-5-23)29-22(34)35-17-3-2-14(19(17)24)15-12-18(31-30-15)28-21-27-13-16(20-26-8-11-33(20)21)32-9-6-25-7-10-32/h8,11-14,17,19,25H,2-7,9-10H2,1H3,(H,29,34)(H2,27,28,30,31)/t14-,17-,19-/m1/s1. The van der Waals surface area contributed by atoms with Crippen LogP contribution in [0.2, 0.25) is 0 Å². The number of alkyl carbamates (subject to hydrolysis) is 1. The molecule has 3 atom stereocenters. The molecule has 1 saturated heterocycles. The van der Waals surface area contributed by atoms with Crippen LogP contribution >= 0.6 is 0 Å². The summed E-state index contributed by atoms with van der Waals surface area (Å²) in [6.07, 6.45) is 5.74. The molecule has 0 bridgehead atoms. The van der Waals surface area contributed by atoms with Gasteiger partial charge in [0.25, 0.3) is 0 Å². The quantitative estimate of drug-likeness (QED) is 0.422. The van der Waals surface area contributed by atoms with Crippen molar-refractivity contribution < 1.29 is 13.9 Å². The molecule has 186 valence electrons. The number of H-pyrrole nitrogens is 1. The molecule has 3 aliphatic rings. The number of rotatable bonds is 6. The first-order valence-corrected chi connectivity index (χ1v) is 12.2. The number of fused-ring (bicyclic) bond motifs is 1. The van der Waals surface area contributed by atoms with Gasteiger partial charge >= 0.3 is 6.09 Å². The summed E-state index contributed by atoms with van der Waals surface area (Å²) in [5.41, 5.74) is 2.28. The molecule has 0 radical (unpaired) electrons. The third-order valence-corrected chi connectivity index (χ3v) is 7.27. The van der Waals surface area contributed by atoms with Gasteiger partial charge in [0.15, 0.2) is 11.5 Å². The second-order valence-electron chi connectivity index (χ2n) is 9.92. The average molecular weight is 484 g/mol. The largest absolute Gasteiger partial charge is 0.443 e. The van der Waals surface area contributed by atoms with Crippen LogP contribution in [0, 0.1) is 0 Å². The predicted octanol–water partition coefficient (Wildman–Crippen LogP) is 2.47. The smallest absolute Gasteiger partial charge is 0.407 e. The number of ether oxygens (including phenoxy) is 1. The van der Waals surface area contributed by atoms with Crippen molar-refractivity contribution in [2.75, 3.05) is 36.4 Å². The van der Waals surface area contributed by atoms with E-state index in [1.54, 1.807) is 12.3 Å². The number of nitrogens with zero attached hydrogens (tertiary/aromatic N) is 5. The van der Waals surface area contributed by atoms with Gasteiger partial charge in [-0.3, -0.25) is 9.50 Å². The van der Waals surface area contributed by atoms with Gasteiger partial charge in [0, 0.05) is 61.8 Å². The van der Waals surface area contributed by atoms with Crippen LogP contribution in [-0.4, -0.2) is 74.7 Å². The Morgan fingerprint density at radius 3 is 2.89 bits per heavy atom.